The number of hydrogen-bond donors (Lipinski definition) is 0. The molecule has 3 rings (SSSR count). The van der Waals surface area contributed by atoms with Crippen LogP contribution >= 0.6 is 0 Å². The van der Waals surface area contributed by atoms with E-state index in [4.69, 9.17) is 0 Å². The maximum absolute atomic E-state index is 12.5. The highest BCUT2D eigenvalue weighted by atomic mass is 32.2. The van der Waals surface area contributed by atoms with Crippen molar-refractivity contribution in [3.8, 4) is 0 Å². The summed E-state index contributed by atoms with van der Waals surface area (Å²) in [6.07, 6.45) is 0. The number of para-hydroxylation sites is 1. The minimum absolute atomic E-state index is 0.0943. The highest BCUT2D eigenvalue weighted by Gasteiger charge is 2.39. The summed E-state index contributed by atoms with van der Waals surface area (Å²) in [4.78, 5) is 5.07. The van der Waals surface area contributed by atoms with Gasteiger partial charge in [-0.05, 0) is 31.2 Å². The second kappa shape index (κ2) is 5.79. The fourth-order valence-corrected chi connectivity index (χ4v) is 3.56. The molecule has 2 aromatic rings. The van der Waals surface area contributed by atoms with Gasteiger partial charge in [0, 0.05) is 6.54 Å². The molecule has 116 valence electrons. The lowest BCUT2D eigenvalue weighted by molar-refractivity contribution is -0.000210. The highest BCUT2D eigenvalue weighted by Crippen LogP contribution is 2.29. The summed E-state index contributed by atoms with van der Waals surface area (Å²) in [6, 6.07) is 15.2. The Hall–Kier alpha value is -2.76. The van der Waals surface area contributed by atoms with Crippen LogP contribution in [-0.2, 0) is 10.0 Å². The first kappa shape index (κ1) is 15.1. The van der Waals surface area contributed by atoms with Crippen LogP contribution in [-0.4, -0.2) is 31.3 Å². The van der Waals surface area contributed by atoms with Crippen LogP contribution in [0.5, 0.6) is 0 Å². The maximum Gasteiger partial charge on any atom is 0.367 e. The van der Waals surface area contributed by atoms with Crippen molar-refractivity contribution in [1.29, 1.82) is 0 Å². The van der Waals surface area contributed by atoms with Gasteiger partial charge in [0.15, 0.2) is 0 Å². The summed E-state index contributed by atoms with van der Waals surface area (Å²) in [5.41, 5.74) is 10.9. The van der Waals surface area contributed by atoms with Gasteiger partial charge >= 0.3 is 5.71 Å². The van der Waals surface area contributed by atoms with E-state index in [2.05, 4.69) is 9.19 Å². The molecule has 0 unspecified atom stereocenters. The molecule has 0 bridgehead atoms. The molecule has 0 saturated carbocycles. The molecule has 0 aliphatic carbocycles. The average Bonchev–Trinajstić information content (AvgIpc) is 2.87. The Bertz CT molecular complexity index is 930. The van der Waals surface area contributed by atoms with Crippen LogP contribution in [0.3, 0.4) is 0 Å². The Balaban J connectivity index is 2.18. The van der Waals surface area contributed by atoms with Gasteiger partial charge in [0.1, 0.15) is 0 Å². The number of benzene rings is 2. The molecule has 0 atom stereocenters. The van der Waals surface area contributed by atoms with E-state index in [9.17, 15) is 13.9 Å². The van der Waals surface area contributed by atoms with E-state index in [-0.39, 0.29) is 16.4 Å². The molecule has 23 heavy (non-hydrogen) atoms. The Labute approximate surface area is 134 Å². The van der Waals surface area contributed by atoms with Crippen molar-refractivity contribution in [3.63, 3.8) is 0 Å². The Morgan fingerprint density at radius 3 is 2.39 bits per heavy atom. The van der Waals surface area contributed by atoms with Crippen LogP contribution in [0, 0.1) is 0 Å². The quantitative estimate of drug-likeness (QED) is 0.641. The molecular weight excluding hydrogens is 312 g/mol. The van der Waals surface area contributed by atoms with E-state index >= 15 is 0 Å². The molecule has 6 nitrogen and oxygen atoms in total. The predicted octanol–water partition coefficient (Wildman–Crippen LogP) is 2.33. The zero-order valence-electron chi connectivity index (χ0n) is 12.4. The van der Waals surface area contributed by atoms with Crippen molar-refractivity contribution in [2.24, 2.45) is 4.40 Å². The zero-order chi connectivity index (χ0) is 16.4. The van der Waals surface area contributed by atoms with Crippen molar-refractivity contribution < 1.29 is 13.2 Å². The standard InChI is InChI=1S/C16H14N4O2S/c1-2-20-14-11-7-6-10-13(14)15(18-17)16(20)19-23(21,22)12-8-4-3-5-9-12/h3-11H,2H2,1H3. The van der Waals surface area contributed by atoms with Crippen molar-refractivity contribution in [2.45, 2.75) is 11.8 Å². The third-order valence-electron chi connectivity index (χ3n) is 3.58. The molecule has 2 aromatic carbocycles. The summed E-state index contributed by atoms with van der Waals surface area (Å²) in [5, 5.41) is 0. The topological polar surface area (TPSA) is 86.1 Å². The number of anilines is 1. The lowest BCUT2D eigenvalue weighted by atomic mass is 10.1. The van der Waals surface area contributed by atoms with Crippen LogP contribution in [0.4, 0.5) is 5.69 Å². The molecule has 0 aromatic heterocycles. The van der Waals surface area contributed by atoms with E-state index in [1.807, 2.05) is 19.1 Å². The summed E-state index contributed by atoms with van der Waals surface area (Å²) < 4.78 is 28.9. The van der Waals surface area contributed by atoms with Crippen molar-refractivity contribution in [1.82, 2.24) is 0 Å². The van der Waals surface area contributed by atoms with Crippen molar-refractivity contribution >= 4 is 27.3 Å². The lowest BCUT2D eigenvalue weighted by Crippen LogP contribution is -2.31. The second-order valence-corrected chi connectivity index (χ2v) is 6.52. The predicted molar refractivity (Wildman–Crippen MR) is 88.3 cm³/mol. The minimum Gasteiger partial charge on any atom is -0.361 e. The molecule has 0 spiro atoms. The van der Waals surface area contributed by atoms with E-state index in [0.717, 1.165) is 5.69 Å². The Morgan fingerprint density at radius 2 is 1.74 bits per heavy atom. The first-order chi connectivity index (χ1) is 11.1. The van der Waals surface area contributed by atoms with Crippen LogP contribution in [0.15, 0.2) is 63.9 Å². The van der Waals surface area contributed by atoms with Crippen LogP contribution in [0.1, 0.15) is 12.5 Å². The van der Waals surface area contributed by atoms with Gasteiger partial charge in [0.2, 0.25) is 5.84 Å². The third kappa shape index (κ3) is 2.56. The summed E-state index contributed by atoms with van der Waals surface area (Å²) >= 11 is 0. The van der Waals surface area contributed by atoms with E-state index in [0.29, 0.717) is 12.1 Å². The number of amidine groups is 1. The summed E-state index contributed by atoms with van der Waals surface area (Å²) in [5.74, 6) is 0.125. The van der Waals surface area contributed by atoms with Gasteiger partial charge in [-0.15, -0.1) is 4.40 Å². The van der Waals surface area contributed by atoms with Crippen molar-refractivity contribution in [2.75, 3.05) is 11.4 Å². The number of rotatable bonds is 3. The number of nitrogens with zero attached hydrogens (tertiary/aromatic N) is 4. The molecule has 0 fully saturated rings. The lowest BCUT2D eigenvalue weighted by Gasteiger charge is -2.15. The first-order valence-electron chi connectivity index (χ1n) is 7.08. The van der Waals surface area contributed by atoms with E-state index in [1.54, 1.807) is 35.2 Å². The minimum atomic E-state index is -3.89. The molecule has 1 aliphatic rings. The molecule has 0 saturated heterocycles. The van der Waals surface area contributed by atoms with E-state index < -0.39 is 10.0 Å². The van der Waals surface area contributed by atoms with E-state index in [1.165, 1.54) is 12.1 Å². The average molecular weight is 326 g/mol. The molecule has 0 radical (unpaired) electrons. The molecule has 1 heterocycles. The van der Waals surface area contributed by atoms with Gasteiger partial charge in [0.05, 0.1) is 16.1 Å². The number of hydrogen-bond acceptors (Lipinski definition) is 2. The fourth-order valence-electron chi connectivity index (χ4n) is 2.54. The molecule has 7 heteroatoms. The fraction of sp³-hybridized carbons (Fsp3) is 0.125. The van der Waals surface area contributed by atoms with Gasteiger partial charge in [0.25, 0.3) is 10.0 Å². The van der Waals surface area contributed by atoms with Gasteiger partial charge < -0.3 is 10.4 Å². The molecule has 1 aliphatic heterocycles. The highest BCUT2D eigenvalue weighted by molar-refractivity contribution is 7.90. The Kier molecular flexibility index (Phi) is 3.82. The van der Waals surface area contributed by atoms with Gasteiger partial charge in [-0.2, -0.15) is 13.2 Å². The van der Waals surface area contributed by atoms with Crippen molar-refractivity contribution in [3.05, 3.63) is 65.7 Å². The largest absolute Gasteiger partial charge is 0.367 e. The van der Waals surface area contributed by atoms with Crippen LogP contribution in [0.2, 0.25) is 0 Å². The number of fused-ring (bicyclic) bond motifs is 1. The summed E-state index contributed by atoms with van der Waals surface area (Å²) in [7, 11) is -3.89. The second-order valence-electron chi connectivity index (χ2n) is 4.91. The van der Waals surface area contributed by atoms with Gasteiger partial charge in [-0.3, -0.25) is 0 Å². The smallest absolute Gasteiger partial charge is 0.361 e. The monoisotopic (exact) mass is 326 g/mol. The maximum atomic E-state index is 12.5. The molecule has 0 N–H and O–H groups in total. The molecule has 0 amide bonds. The van der Waals surface area contributed by atoms with Crippen LogP contribution < -0.4 is 4.90 Å². The van der Waals surface area contributed by atoms with Gasteiger partial charge in [-0.1, -0.05) is 30.3 Å². The van der Waals surface area contributed by atoms with Gasteiger partial charge in [-0.25, -0.2) is 0 Å². The molecular formula is C16H14N4O2S. The summed E-state index contributed by atoms with van der Waals surface area (Å²) in [6.45, 7) is 2.38. The SMILES string of the molecule is CCN1C(=NS(=O)(=O)c2ccccc2)C(=[N+]=[N-])c2ccccc21. The van der Waals surface area contributed by atoms with Crippen LogP contribution in [0.25, 0.3) is 5.53 Å². The Morgan fingerprint density at radius 1 is 1.09 bits per heavy atom. The third-order valence-corrected chi connectivity index (χ3v) is 4.86. The number of sulfonamides is 1. The zero-order valence-corrected chi connectivity index (χ0v) is 13.2. The first-order valence-corrected chi connectivity index (χ1v) is 8.52. The number of likely N-dealkylation sites (N-methyl/N-ethyl adjacent to an activating group) is 1. The normalized spacial score (nSPS) is 15.6.